The number of nitrogens with two attached hydrogens (primary N) is 1. The Morgan fingerprint density at radius 1 is 1.32 bits per heavy atom. The molecule has 2 rings (SSSR count). The van der Waals surface area contributed by atoms with Gasteiger partial charge in [0.05, 0.1) is 0 Å². The minimum Gasteiger partial charge on any atom is -0.384 e. The van der Waals surface area contributed by atoms with Crippen molar-refractivity contribution >= 4 is 17.5 Å². The van der Waals surface area contributed by atoms with Crippen LogP contribution < -0.4 is 11.1 Å². The second-order valence-electron chi connectivity index (χ2n) is 4.24. The number of nitrogens with one attached hydrogen (secondary N) is 1. The maximum absolute atomic E-state index is 12.1. The van der Waals surface area contributed by atoms with Crippen molar-refractivity contribution in [2.45, 2.75) is 20.3 Å². The molecule has 0 radical (unpaired) electrons. The molecular formula is C14H16N4O. The Balaban J connectivity index is 2.22. The van der Waals surface area contributed by atoms with Gasteiger partial charge in [-0.15, -0.1) is 0 Å². The summed E-state index contributed by atoms with van der Waals surface area (Å²) in [4.78, 5) is 20.5. The van der Waals surface area contributed by atoms with Crippen LogP contribution in [0.2, 0.25) is 0 Å². The van der Waals surface area contributed by atoms with Crippen LogP contribution in [0.5, 0.6) is 0 Å². The lowest BCUT2D eigenvalue weighted by Gasteiger charge is -2.07. The van der Waals surface area contributed by atoms with E-state index in [9.17, 15) is 4.79 Å². The van der Waals surface area contributed by atoms with Gasteiger partial charge in [-0.25, -0.2) is 9.97 Å². The van der Waals surface area contributed by atoms with E-state index in [0.29, 0.717) is 17.2 Å². The smallest absolute Gasteiger partial charge is 0.257 e. The highest BCUT2D eigenvalue weighted by Crippen LogP contribution is 2.11. The zero-order valence-corrected chi connectivity index (χ0v) is 11.0. The summed E-state index contributed by atoms with van der Waals surface area (Å²) in [5, 5.41) is 2.74. The first-order valence-electron chi connectivity index (χ1n) is 6.10. The second kappa shape index (κ2) is 5.48. The fourth-order valence-corrected chi connectivity index (χ4v) is 1.72. The highest BCUT2D eigenvalue weighted by atomic mass is 16.1. The first kappa shape index (κ1) is 13.0. The summed E-state index contributed by atoms with van der Waals surface area (Å²) in [5.41, 5.74) is 7.82. The molecule has 3 N–H and O–H groups in total. The quantitative estimate of drug-likeness (QED) is 0.882. The van der Waals surface area contributed by atoms with Gasteiger partial charge in [0.1, 0.15) is 11.6 Å². The van der Waals surface area contributed by atoms with Crippen molar-refractivity contribution in [3.63, 3.8) is 0 Å². The third-order valence-corrected chi connectivity index (χ3v) is 2.65. The van der Waals surface area contributed by atoms with Gasteiger partial charge in [0.2, 0.25) is 0 Å². The Bertz CT molecular complexity index is 610. The molecule has 0 saturated carbocycles. The number of nitrogen functional groups attached to an aromatic ring is 1. The van der Waals surface area contributed by atoms with Crippen molar-refractivity contribution in [2.24, 2.45) is 0 Å². The average molecular weight is 256 g/mol. The fraction of sp³-hybridized carbons (Fsp3) is 0.214. The van der Waals surface area contributed by atoms with Crippen molar-refractivity contribution in [1.29, 1.82) is 0 Å². The zero-order valence-electron chi connectivity index (χ0n) is 11.0. The molecular weight excluding hydrogens is 240 g/mol. The number of aromatic nitrogens is 2. The lowest BCUT2D eigenvalue weighted by atomic mass is 10.2. The van der Waals surface area contributed by atoms with E-state index in [4.69, 9.17) is 5.73 Å². The molecule has 5 nitrogen and oxygen atoms in total. The molecule has 0 unspecified atom stereocenters. The highest BCUT2D eigenvalue weighted by Gasteiger charge is 2.09. The van der Waals surface area contributed by atoms with Crippen LogP contribution in [0.15, 0.2) is 30.3 Å². The van der Waals surface area contributed by atoms with Gasteiger partial charge in [-0.2, -0.15) is 0 Å². The molecule has 2 heterocycles. The average Bonchev–Trinajstić information content (AvgIpc) is 2.38. The Kier molecular flexibility index (Phi) is 3.75. The van der Waals surface area contributed by atoms with Crippen LogP contribution in [0.3, 0.4) is 0 Å². The molecule has 19 heavy (non-hydrogen) atoms. The van der Waals surface area contributed by atoms with Crippen LogP contribution in [-0.2, 0) is 6.42 Å². The number of pyridine rings is 2. The number of hydrogen-bond acceptors (Lipinski definition) is 4. The summed E-state index contributed by atoms with van der Waals surface area (Å²) in [6, 6.07) is 8.76. The van der Waals surface area contributed by atoms with Gasteiger partial charge in [0, 0.05) is 17.0 Å². The Morgan fingerprint density at radius 3 is 2.79 bits per heavy atom. The van der Waals surface area contributed by atoms with E-state index in [1.54, 1.807) is 18.2 Å². The fourth-order valence-electron chi connectivity index (χ4n) is 1.72. The number of anilines is 2. The summed E-state index contributed by atoms with van der Waals surface area (Å²) in [6.07, 6.45) is 0.730. The lowest BCUT2D eigenvalue weighted by Crippen LogP contribution is -2.14. The molecule has 0 spiro atoms. The van der Waals surface area contributed by atoms with Gasteiger partial charge in [0.25, 0.3) is 5.91 Å². The summed E-state index contributed by atoms with van der Waals surface area (Å²) in [5.74, 6) is 0.641. The molecule has 2 aromatic rings. The van der Waals surface area contributed by atoms with Crippen LogP contribution in [0.25, 0.3) is 0 Å². The molecule has 0 saturated heterocycles. The number of carbonyl (C=O) groups is 1. The van der Waals surface area contributed by atoms with Crippen molar-refractivity contribution in [3.8, 4) is 0 Å². The number of amides is 1. The molecule has 1 amide bonds. The SMILES string of the molecule is CCc1cc(C(=O)Nc2cccc(C)n2)cc(N)n1. The van der Waals surface area contributed by atoms with Crippen molar-refractivity contribution in [3.05, 3.63) is 47.3 Å². The molecule has 5 heteroatoms. The Morgan fingerprint density at radius 2 is 2.11 bits per heavy atom. The summed E-state index contributed by atoms with van der Waals surface area (Å²) in [7, 11) is 0. The molecule has 0 aliphatic carbocycles. The zero-order chi connectivity index (χ0) is 13.8. The van der Waals surface area contributed by atoms with Crippen molar-refractivity contribution in [1.82, 2.24) is 9.97 Å². The van der Waals surface area contributed by atoms with Gasteiger partial charge in [-0.1, -0.05) is 13.0 Å². The monoisotopic (exact) mass is 256 g/mol. The van der Waals surface area contributed by atoms with Crippen LogP contribution >= 0.6 is 0 Å². The van der Waals surface area contributed by atoms with Gasteiger partial charge in [-0.05, 0) is 37.6 Å². The predicted octanol–water partition coefficient (Wildman–Crippen LogP) is 2.18. The van der Waals surface area contributed by atoms with E-state index < -0.39 is 0 Å². The number of nitrogens with zero attached hydrogens (tertiary/aromatic N) is 2. The molecule has 0 aliphatic rings. The molecule has 98 valence electrons. The third kappa shape index (κ3) is 3.28. The molecule has 0 aliphatic heterocycles. The molecule has 0 aromatic carbocycles. The largest absolute Gasteiger partial charge is 0.384 e. The maximum Gasteiger partial charge on any atom is 0.257 e. The van der Waals surface area contributed by atoms with Crippen LogP contribution in [0.4, 0.5) is 11.6 Å². The minimum atomic E-state index is -0.234. The number of aryl methyl sites for hydroxylation is 2. The van der Waals surface area contributed by atoms with Crippen molar-refractivity contribution in [2.75, 3.05) is 11.1 Å². The third-order valence-electron chi connectivity index (χ3n) is 2.65. The lowest BCUT2D eigenvalue weighted by molar-refractivity contribution is 0.102. The van der Waals surface area contributed by atoms with Crippen LogP contribution in [-0.4, -0.2) is 15.9 Å². The van der Waals surface area contributed by atoms with Crippen LogP contribution in [0.1, 0.15) is 28.7 Å². The highest BCUT2D eigenvalue weighted by molar-refractivity contribution is 6.04. The number of hydrogen-bond donors (Lipinski definition) is 2. The minimum absolute atomic E-state index is 0.234. The first-order valence-corrected chi connectivity index (χ1v) is 6.10. The second-order valence-corrected chi connectivity index (χ2v) is 4.24. The predicted molar refractivity (Wildman–Crippen MR) is 75.0 cm³/mol. The Labute approximate surface area is 111 Å². The van der Waals surface area contributed by atoms with Gasteiger partial charge < -0.3 is 11.1 Å². The van der Waals surface area contributed by atoms with E-state index in [2.05, 4.69) is 15.3 Å². The van der Waals surface area contributed by atoms with Gasteiger partial charge in [0.15, 0.2) is 0 Å². The van der Waals surface area contributed by atoms with Gasteiger partial charge >= 0.3 is 0 Å². The van der Waals surface area contributed by atoms with E-state index in [-0.39, 0.29) is 5.91 Å². The Hall–Kier alpha value is -2.43. The topological polar surface area (TPSA) is 80.9 Å². The summed E-state index contributed by atoms with van der Waals surface area (Å²) in [6.45, 7) is 3.83. The molecule has 0 fully saturated rings. The standard InChI is InChI=1S/C14H16N4O/c1-3-11-7-10(8-12(15)17-11)14(19)18-13-6-4-5-9(2)16-13/h4-8H,3H2,1-2H3,(H2,15,17)(H,16,18,19). The van der Waals surface area contributed by atoms with E-state index in [0.717, 1.165) is 17.8 Å². The summed E-state index contributed by atoms with van der Waals surface area (Å²) >= 11 is 0. The summed E-state index contributed by atoms with van der Waals surface area (Å²) < 4.78 is 0. The molecule has 2 aromatic heterocycles. The van der Waals surface area contributed by atoms with E-state index >= 15 is 0 Å². The molecule has 0 bridgehead atoms. The molecule has 0 atom stereocenters. The van der Waals surface area contributed by atoms with Gasteiger partial charge in [-0.3, -0.25) is 4.79 Å². The maximum atomic E-state index is 12.1. The number of carbonyl (C=O) groups excluding carboxylic acids is 1. The van der Waals surface area contributed by atoms with Crippen molar-refractivity contribution < 1.29 is 4.79 Å². The first-order chi connectivity index (χ1) is 9.08. The number of rotatable bonds is 3. The van der Waals surface area contributed by atoms with E-state index in [1.807, 2.05) is 26.0 Å². The van der Waals surface area contributed by atoms with E-state index in [1.165, 1.54) is 0 Å². The normalized spacial score (nSPS) is 10.2. The van der Waals surface area contributed by atoms with Crippen LogP contribution in [0, 0.1) is 6.92 Å².